The van der Waals surface area contributed by atoms with Crippen LogP contribution in [-0.4, -0.2) is 55.0 Å². The Morgan fingerprint density at radius 2 is 1.77 bits per heavy atom. The fraction of sp³-hybridized carbons (Fsp3) is 0.588. The van der Waals surface area contributed by atoms with Crippen molar-refractivity contribution in [1.82, 2.24) is 15.1 Å². The predicted octanol–water partition coefficient (Wildman–Crippen LogP) is 2.48. The lowest BCUT2D eigenvalue weighted by Gasteiger charge is -2.34. The third-order valence-corrected chi connectivity index (χ3v) is 4.53. The smallest absolute Gasteiger partial charge is 0.234 e. The largest absolute Gasteiger partial charge is 0.355 e. The number of halogens is 1. The van der Waals surface area contributed by atoms with E-state index in [1.807, 2.05) is 0 Å². The first-order chi connectivity index (χ1) is 10.7. The van der Waals surface area contributed by atoms with Gasteiger partial charge in [0.1, 0.15) is 0 Å². The molecule has 0 unspecified atom stereocenters. The van der Waals surface area contributed by atoms with E-state index in [2.05, 4.69) is 62.2 Å². The molecule has 1 amide bonds. The molecule has 0 bridgehead atoms. The zero-order valence-electron chi connectivity index (χ0n) is 13.4. The van der Waals surface area contributed by atoms with Gasteiger partial charge in [0.2, 0.25) is 5.91 Å². The Balaban J connectivity index is 1.67. The van der Waals surface area contributed by atoms with Crippen molar-refractivity contribution in [2.75, 3.05) is 39.3 Å². The van der Waals surface area contributed by atoms with E-state index in [0.29, 0.717) is 6.54 Å². The van der Waals surface area contributed by atoms with E-state index in [9.17, 15) is 4.79 Å². The fourth-order valence-corrected chi connectivity index (χ4v) is 2.88. The molecular weight excluding hydrogens is 342 g/mol. The number of carbonyl (C=O) groups excluding carboxylic acids is 1. The number of unbranched alkanes of at least 4 members (excludes halogenated alkanes) is 1. The van der Waals surface area contributed by atoms with Crippen LogP contribution in [0.5, 0.6) is 0 Å². The number of benzene rings is 1. The van der Waals surface area contributed by atoms with E-state index in [1.165, 1.54) is 5.56 Å². The van der Waals surface area contributed by atoms with E-state index in [4.69, 9.17) is 0 Å². The summed E-state index contributed by atoms with van der Waals surface area (Å²) in [5.74, 6) is 0.162. The zero-order chi connectivity index (χ0) is 15.8. The van der Waals surface area contributed by atoms with Crippen LogP contribution in [0.4, 0.5) is 0 Å². The third-order valence-electron chi connectivity index (χ3n) is 4.00. The first kappa shape index (κ1) is 17.4. The summed E-state index contributed by atoms with van der Waals surface area (Å²) in [5, 5.41) is 2.99. The van der Waals surface area contributed by atoms with E-state index in [-0.39, 0.29) is 5.91 Å². The lowest BCUT2D eigenvalue weighted by Crippen LogP contribution is -2.49. The average molecular weight is 368 g/mol. The monoisotopic (exact) mass is 367 g/mol. The molecule has 1 aliphatic heterocycles. The molecule has 1 aliphatic rings. The van der Waals surface area contributed by atoms with Crippen LogP contribution in [0, 0.1) is 0 Å². The number of nitrogens with zero attached hydrogens (tertiary/aromatic N) is 2. The number of amides is 1. The Bertz CT molecular complexity index is 455. The van der Waals surface area contributed by atoms with Gasteiger partial charge in [-0.25, -0.2) is 0 Å². The van der Waals surface area contributed by atoms with Crippen molar-refractivity contribution in [2.24, 2.45) is 0 Å². The molecule has 0 spiro atoms. The summed E-state index contributed by atoms with van der Waals surface area (Å²) in [6.07, 6.45) is 2.18. The van der Waals surface area contributed by atoms with Gasteiger partial charge in [0, 0.05) is 43.7 Å². The minimum atomic E-state index is 0.162. The summed E-state index contributed by atoms with van der Waals surface area (Å²) in [5.41, 5.74) is 1.34. The van der Waals surface area contributed by atoms with Crippen LogP contribution in [0.25, 0.3) is 0 Å². The van der Waals surface area contributed by atoms with Crippen molar-refractivity contribution >= 4 is 21.8 Å². The molecule has 1 N–H and O–H groups in total. The highest BCUT2D eigenvalue weighted by Gasteiger charge is 2.18. The molecule has 5 heteroatoms. The van der Waals surface area contributed by atoms with Gasteiger partial charge in [0.15, 0.2) is 0 Å². The fourth-order valence-electron chi connectivity index (χ4n) is 2.62. The van der Waals surface area contributed by atoms with Gasteiger partial charge in [-0.05, 0) is 24.1 Å². The van der Waals surface area contributed by atoms with Crippen LogP contribution in [-0.2, 0) is 11.3 Å². The highest BCUT2D eigenvalue weighted by molar-refractivity contribution is 9.10. The lowest BCUT2D eigenvalue weighted by molar-refractivity contribution is -0.122. The number of hydrogen-bond acceptors (Lipinski definition) is 3. The maximum Gasteiger partial charge on any atom is 0.234 e. The van der Waals surface area contributed by atoms with E-state index < -0.39 is 0 Å². The quantitative estimate of drug-likeness (QED) is 0.752. The van der Waals surface area contributed by atoms with E-state index in [0.717, 1.165) is 56.6 Å². The highest BCUT2D eigenvalue weighted by Crippen LogP contribution is 2.13. The van der Waals surface area contributed by atoms with Crippen molar-refractivity contribution in [3.8, 4) is 0 Å². The Kier molecular flexibility index (Phi) is 7.36. The summed E-state index contributed by atoms with van der Waals surface area (Å²) in [6.45, 7) is 8.46. The van der Waals surface area contributed by atoms with Crippen LogP contribution in [0.1, 0.15) is 25.3 Å². The summed E-state index contributed by atoms with van der Waals surface area (Å²) in [6, 6.07) is 8.51. The number of rotatable bonds is 7. The summed E-state index contributed by atoms with van der Waals surface area (Å²) in [4.78, 5) is 16.5. The van der Waals surface area contributed by atoms with Crippen LogP contribution < -0.4 is 5.32 Å². The van der Waals surface area contributed by atoms with Gasteiger partial charge in [0.05, 0.1) is 6.54 Å². The molecule has 2 rings (SSSR count). The molecule has 4 nitrogen and oxygen atoms in total. The number of hydrogen-bond donors (Lipinski definition) is 1. The first-order valence-corrected chi connectivity index (χ1v) is 8.92. The molecule has 0 atom stereocenters. The van der Waals surface area contributed by atoms with Gasteiger partial charge in [-0.15, -0.1) is 0 Å². The van der Waals surface area contributed by atoms with Gasteiger partial charge in [-0.1, -0.05) is 41.4 Å². The van der Waals surface area contributed by atoms with Gasteiger partial charge < -0.3 is 5.32 Å². The van der Waals surface area contributed by atoms with Crippen molar-refractivity contribution in [3.05, 3.63) is 34.3 Å². The standard InChI is InChI=1S/C17H26BrN3O/c1-2-3-8-19-17(22)14-21-11-9-20(10-12-21)13-15-4-6-16(18)7-5-15/h4-7H,2-3,8-14H2,1H3,(H,19,22). The van der Waals surface area contributed by atoms with Crippen LogP contribution in [0.15, 0.2) is 28.7 Å². The van der Waals surface area contributed by atoms with Crippen LogP contribution in [0.2, 0.25) is 0 Å². The van der Waals surface area contributed by atoms with Crippen molar-refractivity contribution in [3.63, 3.8) is 0 Å². The van der Waals surface area contributed by atoms with Crippen molar-refractivity contribution in [1.29, 1.82) is 0 Å². The Morgan fingerprint density at radius 1 is 1.14 bits per heavy atom. The predicted molar refractivity (Wildman–Crippen MR) is 93.8 cm³/mol. The number of nitrogens with one attached hydrogen (secondary N) is 1. The van der Waals surface area contributed by atoms with Crippen LogP contribution in [0.3, 0.4) is 0 Å². The first-order valence-electron chi connectivity index (χ1n) is 8.13. The second kappa shape index (κ2) is 9.28. The number of piperazine rings is 1. The second-order valence-electron chi connectivity index (χ2n) is 5.88. The maximum absolute atomic E-state index is 11.8. The topological polar surface area (TPSA) is 35.6 Å². The Morgan fingerprint density at radius 3 is 2.41 bits per heavy atom. The van der Waals surface area contributed by atoms with Gasteiger partial charge >= 0.3 is 0 Å². The molecule has 1 heterocycles. The SMILES string of the molecule is CCCCNC(=O)CN1CCN(Cc2ccc(Br)cc2)CC1. The van der Waals surface area contributed by atoms with Crippen molar-refractivity contribution < 1.29 is 4.79 Å². The normalized spacial score (nSPS) is 16.6. The van der Waals surface area contributed by atoms with Crippen LogP contribution >= 0.6 is 15.9 Å². The number of carbonyl (C=O) groups is 1. The second-order valence-corrected chi connectivity index (χ2v) is 6.80. The van der Waals surface area contributed by atoms with Gasteiger partial charge in [-0.3, -0.25) is 14.6 Å². The molecule has 0 saturated carbocycles. The zero-order valence-corrected chi connectivity index (χ0v) is 14.9. The molecule has 1 aromatic rings. The molecule has 0 radical (unpaired) electrons. The molecule has 0 aliphatic carbocycles. The van der Waals surface area contributed by atoms with Gasteiger partial charge in [-0.2, -0.15) is 0 Å². The lowest BCUT2D eigenvalue weighted by atomic mass is 10.2. The Hall–Kier alpha value is -0.910. The van der Waals surface area contributed by atoms with E-state index in [1.54, 1.807) is 0 Å². The average Bonchev–Trinajstić information content (AvgIpc) is 2.52. The highest BCUT2D eigenvalue weighted by atomic mass is 79.9. The van der Waals surface area contributed by atoms with E-state index >= 15 is 0 Å². The maximum atomic E-state index is 11.8. The molecule has 122 valence electrons. The molecule has 1 fully saturated rings. The molecule has 22 heavy (non-hydrogen) atoms. The van der Waals surface area contributed by atoms with Gasteiger partial charge in [0.25, 0.3) is 0 Å². The molecule has 0 aromatic heterocycles. The summed E-state index contributed by atoms with van der Waals surface area (Å²) < 4.78 is 1.12. The minimum absolute atomic E-state index is 0.162. The molecular formula is C17H26BrN3O. The molecule has 1 aromatic carbocycles. The summed E-state index contributed by atoms with van der Waals surface area (Å²) in [7, 11) is 0. The van der Waals surface area contributed by atoms with Crippen molar-refractivity contribution in [2.45, 2.75) is 26.3 Å². The molecule has 1 saturated heterocycles. The third kappa shape index (κ3) is 6.07. The summed E-state index contributed by atoms with van der Waals surface area (Å²) >= 11 is 3.47. The Labute approximate surface area is 142 Å². The minimum Gasteiger partial charge on any atom is -0.355 e.